The van der Waals surface area contributed by atoms with E-state index in [1.54, 1.807) is 13.3 Å². The first-order chi connectivity index (χ1) is 8.24. The van der Waals surface area contributed by atoms with Gasteiger partial charge in [-0.25, -0.2) is 0 Å². The van der Waals surface area contributed by atoms with Gasteiger partial charge in [-0.3, -0.25) is 4.98 Å². The average Bonchev–Trinajstić information content (AvgIpc) is 2.39. The van der Waals surface area contributed by atoms with Crippen LogP contribution in [-0.2, 0) is 5.33 Å². The van der Waals surface area contributed by atoms with Gasteiger partial charge >= 0.3 is 0 Å². The number of halogens is 1. The topological polar surface area (TPSA) is 22.1 Å². The molecule has 0 saturated heterocycles. The summed E-state index contributed by atoms with van der Waals surface area (Å²) in [6, 6.07) is 10.2. The minimum atomic E-state index is 0.830. The minimum absolute atomic E-state index is 0.830. The molecule has 0 atom stereocenters. The van der Waals surface area contributed by atoms with Crippen LogP contribution in [0.5, 0.6) is 5.75 Å². The minimum Gasteiger partial charge on any atom is -0.497 e. The van der Waals surface area contributed by atoms with E-state index >= 15 is 0 Å². The van der Waals surface area contributed by atoms with E-state index in [0.717, 1.165) is 22.3 Å². The number of aryl methyl sites for hydroxylation is 1. The van der Waals surface area contributed by atoms with Crippen LogP contribution in [0.3, 0.4) is 0 Å². The summed E-state index contributed by atoms with van der Waals surface area (Å²) in [5.74, 6) is 0.830. The Balaban J connectivity index is 2.45. The summed E-state index contributed by atoms with van der Waals surface area (Å²) in [5, 5.41) is 0.858. The summed E-state index contributed by atoms with van der Waals surface area (Å²) in [4.78, 5) is 4.37. The van der Waals surface area contributed by atoms with Crippen molar-refractivity contribution in [2.45, 2.75) is 12.3 Å². The molecule has 0 aliphatic carbocycles. The highest BCUT2D eigenvalue weighted by Gasteiger charge is 2.04. The molecule has 0 aliphatic rings. The molecule has 0 unspecified atom stereocenters. The van der Waals surface area contributed by atoms with E-state index in [0.29, 0.717) is 0 Å². The maximum Gasteiger partial charge on any atom is 0.122 e. The Hall–Kier alpha value is -1.35. The predicted octanol–water partition coefficient (Wildman–Crippen LogP) is 3.96. The zero-order valence-electron chi connectivity index (χ0n) is 9.90. The van der Waals surface area contributed by atoms with Crippen molar-refractivity contribution in [3.63, 3.8) is 0 Å². The molecule has 88 valence electrons. The summed E-state index contributed by atoms with van der Waals surface area (Å²) in [6.07, 6.45) is 1.77. The van der Waals surface area contributed by atoms with Crippen LogP contribution in [-0.4, -0.2) is 12.1 Å². The fourth-order valence-corrected chi connectivity index (χ4v) is 2.27. The van der Waals surface area contributed by atoms with Gasteiger partial charge in [0.2, 0.25) is 0 Å². The summed E-state index contributed by atoms with van der Waals surface area (Å²) < 4.78 is 5.21. The number of hydrogen-bond donors (Lipinski definition) is 0. The maximum absolute atomic E-state index is 5.21. The monoisotopic (exact) mass is 291 g/mol. The lowest BCUT2D eigenvalue weighted by molar-refractivity contribution is 0.414. The number of nitrogens with zero attached hydrogens (tertiary/aromatic N) is 1. The zero-order valence-corrected chi connectivity index (χ0v) is 11.5. The van der Waals surface area contributed by atoms with Gasteiger partial charge in [0.25, 0.3) is 0 Å². The molecule has 2 aromatic rings. The van der Waals surface area contributed by atoms with E-state index in [4.69, 9.17) is 4.74 Å². The largest absolute Gasteiger partial charge is 0.497 e. The standard InChI is InChI=1S/C14H14BrNO/c1-10-3-4-11(7-12(10)9-15)14-8-13(17-2)5-6-16-14/h3-8H,9H2,1-2H3. The highest BCUT2D eigenvalue weighted by molar-refractivity contribution is 9.08. The van der Waals surface area contributed by atoms with Crippen LogP contribution in [0.4, 0.5) is 0 Å². The lowest BCUT2D eigenvalue weighted by atomic mass is 10.0. The number of alkyl halides is 1. The summed E-state index contributed by atoms with van der Waals surface area (Å²) in [7, 11) is 1.66. The Morgan fingerprint density at radius 1 is 1.24 bits per heavy atom. The Labute approximate surface area is 110 Å². The van der Waals surface area contributed by atoms with Crippen molar-refractivity contribution in [2.24, 2.45) is 0 Å². The van der Waals surface area contributed by atoms with Crippen LogP contribution in [0, 0.1) is 6.92 Å². The fraction of sp³-hybridized carbons (Fsp3) is 0.214. The van der Waals surface area contributed by atoms with Crippen molar-refractivity contribution in [1.29, 1.82) is 0 Å². The zero-order chi connectivity index (χ0) is 12.3. The van der Waals surface area contributed by atoms with Gasteiger partial charge in [-0.05, 0) is 30.2 Å². The number of hydrogen-bond acceptors (Lipinski definition) is 2. The lowest BCUT2D eigenvalue weighted by Crippen LogP contribution is -1.90. The van der Waals surface area contributed by atoms with Crippen LogP contribution in [0.2, 0.25) is 0 Å². The molecule has 0 bridgehead atoms. The van der Waals surface area contributed by atoms with E-state index in [1.165, 1.54) is 11.1 Å². The lowest BCUT2D eigenvalue weighted by Gasteiger charge is -2.07. The van der Waals surface area contributed by atoms with Crippen molar-refractivity contribution in [2.75, 3.05) is 7.11 Å². The van der Waals surface area contributed by atoms with Crippen molar-refractivity contribution in [1.82, 2.24) is 4.98 Å². The van der Waals surface area contributed by atoms with Crippen molar-refractivity contribution in [3.8, 4) is 17.0 Å². The normalized spacial score (nSPS) is 10.3. The fourth-order valence-electron chi connectivity index (χ4n) is 1.67. The molecular weight excluding hydrogens is 278 g/mol. The van der Waals surface area contributed by atoms with Gasteiger partial charge in [0, 0.05) is 23.2 Å². The van der Waals surface area contributed by atoms with Crippen LogP contribution in [0.15, 0.2) is 36.5 Å². The highest BCUT2D eigenvalue weighted by Crippen LogP contribution is 2.24. The van der Waals surface area contributed by atoms with Gasteiger partial charge in [-0.15, -0.1) is 0 Å². The van der Waals surface area contributed by atoms with Crippen LogP contribution < -0.4 is 4.74 Å². The molecule has 0 fully saturated rings. The van der Waals surface area contributed by atoms with Gasteiger partial charge in [-0.2, -0.15) is 0 Å². The molecule has 1 aromatic carbocycles. The third kappa shape index (κ3) is 2.67. The SMILES string of the molecule is COc1ccnc(-c2ccc(C)c(CBr)c2)c1. The van der Waals surface area contributed by atoms with Gasteiger partial charge in [0.05, 0.1) is 12.8 Å². The van der Waals surface area contributed by atoms with Gasteiger partial charge in [-0.1, -0.05) is 28.1 Å². The molecular formula is C14H14BrNO. The Bertz CT molecular complexity index is 525. The van der Waals surface area contributed by atoms with E-state index in [2.05, 4.69) is 46.0 Å². The quantitative estimate of drug-likeness (QED) is 0.799. The molecule has 2 rings (SSSR count). The Morgan fingerprint density at radius 3 is 2.76 bits per heavy atom. The van der Waals surface area contributed by atoms with Gasteiger partial charge in [0.1, 0.15) is 5.75 Å². The third-order valence-corrected chi connectivity index (χ3v) is 3.36. The molecule has 1 aromatic heterocycles. The molecule has 0 spiro atoms. The molecule has 17 heavy (non-hydrogen) atoms. The Morgan fingerprint density at radius 2 is 2.06 bits per heavy atom. The molecule has 3 heteroatoms. The number of aromatic nitrogens is 1. The smallest absolute Gasteiger partial charge is 0.122 e. The van der Waals surface area contributed by atoms with Crippen LogP contribution >= 0.6 is 15.9 Å². The molecule has 0 amide bonds. The third-order valence-electron chi connectivity index (χ3n) is 2.76. The number of benzene rings is 1. The van der Waals surface area contributed by atoms with Crippen molar-refractivity contribution < 1.29 is 4.74 Å². The summed E-state index contributed by atoms with van der Waals surface area (Å²) in [5.41, 5.74) is 4.62. The number of rotatable bonds is 3. The molecule has 0 N–H and O–H groups in total. The second-order valence-corrected chi connectivity index (χ2v) is 4.42. The van der Waals surface area contributed by atoms with Crippen LogP contribution in [0.1, 0.15) is 11.1 Å². The molecule has 1 heterocycles. The molecule has 2 nitrogen and oxygen atoms in total. The average molecular weight is 292 g/mol. The predicted molar refractivity (Wildman–Crippen MR) is 73.6 cm³/mol. The number of pyridine rings is 1. The van der Waals surface area contributed by atoms with E-state index in [9.17, 15) is 0 Å². The first kappa shape index (κ1) is 12.1. The first-order valence-corrected chi connectivity index (χ1v) is 6.52. The molecule has 0 aliphatic heterocycles. The van der Waals surface area contributed by atoms with Crippen molar-refractivity contribution >= 4 is 15.9 Å². The second-order valence-electron chi connectivity index (χ2n) is 3.86. The van der Waals surface area contributed by atoms with Crippen molar-refractivity contribution in [3.05, 3.63) is 47.7 Å². The van der Waals surface area contributed by atoms with Gasteiger partial charge < -0.3 is 4.74 Å². The number of methoxy groups -OCH3 is 1. The summed E-state index contributed by atoms with van der Waals surface area (Å²) in [6.45, 7) is 2.11. The van der Waals surface area contributed by atoms with E-state index in [1.807, 2.05) is 12.1 Å². The van der Waals surface area contributed by atoms with E-state index < -0.39 is 0 Å². The Kier molecular flexibility index (Phi) is 3.79. The highest BCUT2D eigenvalue weighted by atomic mass is 79.9. The van der Waals surface area contributed by atoms with E-state index in [-0.39, 0.29) is 0 Å². The summed E-state index contributed by atoms with van der Waals surface area (Å²) >= 11 is 3.50. The first-order valence-electron chi connectivity index (χ1n) is 5.40. The number of ether oxygens (including phenoxy) is 1. The molecule has 0 radical (unpaired) electrons. The maximum atomic E-state index is 5.21. The van der Waals surface area contributed by atoms with Crippen LogP contribution in [0.25, 0.3) is 11.3 Å². The second kappa shape index (κ2) is 5.32. The van der Waals surface area contributed by atoms with Gasteiger partial charge in [0.15, 0.2) is 0 Å². The molecule has 0 saturated carbocycles.